The van der Waals surface area contributed by atoms with Gasteiger partial charge in [0.05, 0.1) is 11.3 Å². The number of carboxylic acid groups (broad SMARTS) is 1. The third-order valence-electron chi connectivity index (χ3n) is 7.76. The minimum atomic E-state index is -5.08. The summed E-state index contributed by atoms with van der Waals surface area (Å²) in [4.78, 5) is 33.2. The van der Waals surface area contributed by atoms with Crippen LogP contribution in [0.5, 0.6) is 0 Å². The van der Waals surface area contributed by atoms with Crippen LogP contribution in [0.3, 0.4) is 0 Å². The maximum Gasteiger partial charge on any atom is 0.490 e. The molecular formula is C28H32F3N5O4. The molecule has 1 spiro atoms. The normalized spacial score (nSPS) is 17.2. The number of nitrogens with zero attached hydrogens (tertiary/aromatic N) is 2. The van der Waals surface area contributed by atoms with E-state index in [9.17, 15) is 22.8 Å². The first kappa shape index (κ1) is 29.1. The minimum Gasteiger partial charge on any atom is -0.475 e. The third-order valence-corrected chi connectivity index (χ3v) is 7.76. The van der Waals surface area contributed by atoms with Crippen LogP contribution in [0.2, 0.25) is 0 Å². The molecule has 0 bridgehead atoms. The summed E-state index contributed by atoms with van der Waals surface area (Å²) >= 11 is 0. The van der Waals surface area contributed by atoms with Crippen LogP contribution >= 0.6 is 0 Å². The third kappa shape index (κ3) is 7.17. The fraction of sp³-hybridized carbons (Fsp3) is 0.429. The Labute approximate surface area is 228 Å². The Balaban J connectivity index is 0.000000470. The monoisotopic (exact) mass is 559 g/mol. The molecule has 0 atom stereocenters. The molecule has 1 aliphatic heterocycles. The van der Waals surface area contributed by atoms with Crippen LogP contribution in [0.4, 0.5) is 18.9 Å². The lowest BCUT2D eigenvalue weighted by atomic mass is 9.65. The SMILES string of the molecule is NC(=O)c1cccc2cn(-c3ccc(NC(=O)CC4CCC5(CCNCC5)CC4)cc3)nc12.O=C(O)C(F)(F)F. The summed E-state index contributed by atoms with van der Waals surface area (Å²) in [7, 11) is 0. The van der Waals surface area contributed by atoms with Crippen molar-refractivity contribution in [2.45, 2.75) is 51.1 Å². The number of piperidine rings is 1. The zero-order valence-corrected chi connectivity index (χ0v) is 21.8. The summed E-state index contributed by atoms with van der Waals surface area (Å²) in [5.74, 6) is -2.68. The molecule has 214 valence electrons. The predicted octanol–water partition coefficient (Wildman–Crippen LogP) is 4.65. The Morgan fingerprint density at radius 1 is 1.05 bits per heavy atom. The van der Waals surface area contributed by atoms with Crippen molar-refractivity contribution >= 4 is 34.4 Å². The number of nitrogens with one attached hydrogen (secondary N) is 2. The smallest absolute Gasteiger partial charge is 0.475 e. The minimum absolute atomic E-state index is 0.0879. The maximum absolute atomic E-state index is 12.6. The van der Waals surface area contributed by atoms with Crippen molar-refractivity contribution in [1.82, 2.24) is 15.1 Å². The van der Waals surface area contributed by atoms with Gasteiger partial charge in [0.25, 0.3) is 5.91 Å². The molecular weight excluding hydrogens is 527 g/mol. The number of anilines is 1. The Hall–Kier alpha value is -3.93. The van der Waals surface area contributed by atoms with Crippen molar-refractivity contribution in [3.05, 3.63) is 54.2 Å². The summed E-state index contributed by atoms with van der Waals surface area (Å²) in [6, 6.07) is 13.0. The summed E-state index contributed by atoms with van der Waals surface area (Å²) < 4.78 is 33.5. The first-order chi connectivity index (χ1) is 19.0. The molecule has 0 radical (unpaired) electrons. The van der Waals surface area contributed by atoms with E-state index in [4.69, 9.17) is 15.6 Å². The van der Waals surface area contributed by atoms with Crippen molar-refractivity contribution in [2.24, 2.45) is 17.1 Å². The van der Waals surface area contributed by atoms with E-state index in [-0.39, 0.29) is 5.91 Å². The summed E-state index contributed by atoms with van der Waals surface area (Å²) in [6.07, 6.45) is 4.79. The molecule has 5 N–H and O–H groups in total. The number of carboxylic acids is 1. The zero-order chi connectivity index (χ0) is 28.9. The molecule has 2 aromatic carbocycles. The number of carbonyl (C=O) groups excluding carboxylic acids is 2. The van der Waals surface area contributed by atoms with Gasteiger partial charge in [-0.25, -0.2) is 9.48 Å². The second-order valence-electron chi connectivity index (χ2n) is 10.5. The highest BCUT2D eigenvalue weighted by atomic mass is 19.4. The Morgan fingerprint density at radius 2 is 1.68 bits per heavy atom. The van der Waals surface area contributed by atoms with Gasteiger partial charge in [-0.1, -0.05) is 12.1 Å². The number of nitrogens with two attached hydrogens (primary N) is 1. The van der Waals surface area contributed by atoms with Crippen LogP contribution in [0, 0.1) is 11.3 Å². The van der Waals surface area contributed by atoms with E-state index in [1.165, 1.54) is 25.7 Å². The van der Waals surface area contributed by atoms with E-state index < -0.39 is 18.1 Å². The highest BCUT2D eigenvalue weighted by molar-refractivity contribution is 6.04. The molecule has 40 heavy (non-hydrogen) atoms. The number of benzene rings is 2. The predicted molar refractivity (Wildman–Crippen MR) is 143 cm³/mol. The van der Waals surface area contributed by atoms with E-state index in [2.05, 4.69) is 15.7 Å². The molecule has 5 rings (SSSR count). The molecule has 12 heteroatoms. The highest BCUT2D eigenvalue weighted by Gasteiger charge is 2.38. The number of aliphatic carboxylic acids is 1. The van der Waals surface area contributed by atoms with Gasteiger partial charge in [0.15, 0.2) is 0 Å². The lowest BCUT2D eigenvalue weighted by molar-refractivity contribution is -0.192. The van der Waals surface area contributed by atoms with E-state index in [0.717, 1.165) is 42.7 Å². The standard InChI is InChI=1S/C26H31N5O2.C2HF3O2/c27-25(33)22-3-1-2-19-17-31(30-24(19)22)21-6-4-20(5-7-21)29-23(32)16-18-8-10-26(11-9-18)12-14-28-15-13-26;3-2(4,5)1(6)7/h1-7,17-18,28H,8-16H2,(H2,27,33)(H,29,32);(H,6,7). The first-order valence-electron chi connectivity index (χ1n) is 13.2. The highest BCUT2D eigenvalue weighted by Crippen LogP contribution is 2.45. The molecule has 2 aliphatic rings. The van der Waals surface area contributed by atoms with Crippen molar-refractivity contribution in [3.8, 4) is 5.69 Å². The number of halogens is 3. The zero-order valence-electron chi connectivity index (χ0n) is 21.8. The molecule has 3 aromatic rings. The van der Waals surface area contributed by atoms with Crippen LogP contribution in [-0.2, 0) is 9.59 Å². The number of carbonyl (C=O) groups is 3. The van der Waals surface area contributed by atoms with Gasteiger partial charge >= 0.3 is 12.1 Å². The maximum atomic E-state index is 12.6. The van der Waals surface area contributed by atoms with Gasteiger partial charge in [0, 0.05) is 23.7 Å². The fourth-order valence-electron chi connectivity index (χ4n) is 5.50. The summed E-state index contributed by atoms with van der Waals surface area (Å²) in [5.41, 5.74) is 8.62. The molecule has 2 fully saturated rings. The number of hydrogen-bond donors (Lipinski definition) is 4. The van der Waals surface area contributed by atoms with Crippen molar-refractivity contribution in [3.63, 3.8) is 0 Å². The number of alkyl halides is 3. The number of primary amides is 1. The average Bonchev–Trinajstić information content (AvgIpc) is 3.35. The Morgan fingerprint density at radius 3 is 2.25 bits per heavy atom. The molecule has 2 amide bonds. The van der Waals surface area contributed by atoms with Gasteiger partial charge < -0.3 is 21.5 Å². The van der Waals surface area contributed by atoms with Gasteiger partial charge in [-0.15, -0.1) is 0 Å². The summed E-state index contributed by atoms with van der Waals surface area (Å²) in [5, 5.41) is 19.0. The fourth-order valence-corrected chi connectivity index (χ4v) is 5.50. The number of fused-ring (bicyclic) bond motifs is 1. The van der Waals surface area contributed by atoms with E-state index in [1.807, 2.05) is 36.5 Å². The van der Waals surface area contributed by atoms with E-state index >= 15 is 0 Å². The van der Waals surface area contributed by atoms with Gasteiger partial charge in [0.2, 0.25) is 5.91 Å². The second-order valence-corrected chi connectivity index (χ2v) is 10.5. The van der Waals surface area contributed by atoms with Crippen LogP contribution in [0.15, 0.2) is 48.7 Å². The van der Waals surface area contributed by atoms with Gasteiger partial charge in [0.1, 0.15) is 5.52 Å². The van der Waals surface area contributed by atoms with Crippen LogP contribution in [0.25, 0.3) is 16.6 Å². The number of amides is 2. The number of aromatic nitrogens is 2. The van der Waals surface area contributed by atoms with Crippen molar-refractivity contribution in [1.29, 1.82) is 0 Å². The molecule has 9 nitrogen and oxygen atoms in total. The lowest BCUT2D eigenvalue weighted by Gasteiger charge is -2.43. The Bertz CT molecular complexity index is 1350. The number of rotatable bonds is 5. The summed E-state index contributed by atoms with van der Waals surface area (Å²) in [6.45, 7) is 2.28. The first-order valence-corrected chi connectivity index (χ1v) is 13.2. The molecule has 1 saturated heterocycles. The van der Waals surface area contributed by atoms with E-state index in [1.54, 1.807) is 16.8 Å². The second kappa shape index (κ2) is 12.1. The topological polar surface area (TPSA) is 139 Å². The van der Waals surface area contributed by atoms with Crippen LogP contribution < -0.4 is 16.4 Å². The number of hydrogen-bond acceptors (Lipinski definition) is 5. The molecule has 1 saturated carbocycles. The van der Waals surface area contributed by atoms with Crippen LogP contribution in [0.1, 0.15) is 55.3 Å². The van der Waals surface area contributed by atoms with Gasteiger partial charge in [-0.3, -0.25) is 9.59 Å². The molecule has 1 aromatic heterocycles. The Kier molecular flexibility index (Phi) is 8.77. The van der Waals surface area contributed by atoms with Crippen molar-refractivity contribution in [2.75, 3.05) is 18.4 Å². The molecule has 1 aliphatic carbocycles. The molecule has 2 heterocycles. The van der Waals surface area contributed by atoms with Gasteiger partial charge in [-0.05, 0) is 93.3 Å². The quantitative estimate of drug-likeness (QED) is 0.359. The lowest BCUT2D eigenvalue weighted by Crippen LogP contribution is -2.39. The van der Waals surface area contributed by atoms with E-state index in [0.29, 0.717) is 28.8 Å². The van der Waals surface area contributed by atoms with Crippen LogP contribution in [-0.4, -0.2) is 51.9 Å². The largest absolute Gasteiger partial charge is 0.490 e. The average molecular weight is 560 g/mol. The van der Waals surface area contributed by atoms with Crippen molar-refractivity contribution < 1.29 is 32.7 Å². The van der Waals surface area contributed by atoms with Gasteiger partial charge in [-0.2, -0.15) is 18.3 Å². The molecule has 0 unspecified atom stereocenters.